The molecular formula is C13H14N2O3. The van der Waals surface area contributed by atoms with Gasteiger partial charge in [0.1, 0.15) is 6.42 Å². The van der Waals surface area contributed by atoms with Crippen LogP contribution in [0, 0.1) is 11.3 Å². The number of nitrogens with zero attached hydrogens (tertiary/aromatic N) is 2. The number of benzene rings is 1. The molecule has 1 amide bonds. The summed E-state index contributed by atoms with van der Waals surface area (Å²) < 4.78 is 0. The molecule has 0 aliphatic heterocycles. The van der Waals surface area contributed by atoms with Crippen molar-refractivity contribution in [3.05, 3.63) is 35.4 Å². The van der Waals surface area contributed by atoms with Crippen molar-refractivity contribution in [2.45, 2.75) is 19.9 Å². The van der Waals surface area contributed by atoms with Gasteiger partial charge in [-0.05, 0) is 18.6 Å². The van der Waals surface area contributed by atoms with Crippen LogP contribution in [-0.4, -0.2) is 28.4 Å². The number of carbonyl (C=O) groups excluding carboxylic acids is 1. The number of nitriles is 1. The highest BCUT2D eigenvalue weighted by atomic mass is 16.4. The molecule has 0 fully saturated rings. The van der Waals surface area contributed by atoms with Crippen molar-refractivity contribution in [2.24, 2.45) is 0 Å². The lowest BCUT2D eigenvalue weighted by molar-refractivity contribution is -0.144. The fourth-order valence-electron chi connectivity index (χ4n) is 1.59. The number of hydrogen-bond acceptors (Lipinski definition) is 3. The molecule has 0 saturated heterocycles. The molecular weight excluding hydrogens is 232 g/mol. The van der Waals surface area contributed by atoms with E-state index in [9.17, 15) is 9.59 Å². The largest absolute Gasteiger partial charge is 0.481 e. The summed E-state index contributed by atoms with van der Waals surface area (Å²) >= 11 is 0. The zero-order valence-corrected chi connectivity index (χ0v) is 10.1. The van der Waals surface area contributed by atoms with Crippen LogP contribution in [0.25, 0.3) is 0 Å². The monoisotopic (exact) mass is 246 g/mol. The summed E-state index contributed by atoms with van der Waals surface area (Å²) in [5, 5.41) is 17.5. The van der Waals surface area contributed by atoms with Crippen molar-refractivity contribution in [3.8, 4) is 6.07 Å². The van der Waals surface area contributed by atoms with Crippen LogP contribution in [0.2, 0.25) is 0 Å². The van der Waals surface area contributed by atoms with E-state index >= 15 is 0 Å². The summed E-state index contributed by atoms with van der Waals surface area (Å²) in [6.45, 7) is 2.44. The molecule has 0 heterocycles. The number of carbonyl (C=O) groups is 2. The lowest BCUT2D eigenvalue weighted by Gasteiger charge is -2.20. The van der Waals surface area contributed by atoms with Gasteiger partial charge in [-0.1, -0.05) is 18.2 Å². The Morgan fingerprint density at radius 3 is 2.61 bits per heavy atom. The van der Waals surface area contributed by atoms with Gasteiger partial charge in [-0.25, -0.2) is 0 Å². The van der Waals surface area contributed by atoms with Crippen LogP contribution in [0.1, 0.15) is 24.5 Å². The maximum atomic E-state index is 11.7. The molecule has 0 atom stereocenters. The minimum absolute atomic E-state index is 0.256. The Balaban J connectivity index is 2.83. The van der Waals surface area contributed by atoms with Crippen molar-refractivity contribution in [3.63, 3.8) is 0 Å². The summed E-state index contributed by atoms with van der Waals surface area (Å²) in [5.74, 6) is -1.59. The van der Waals surface area contributed by atoms with Gasteiger partial charge in [-0.2, -0.15) is 5.26 Å². The first-order chi connectivity index (χ1) is 8.58. The minimum Gasteiger partial charge on any atom is -0.481 e. The van der Waals surface area contributed by atoms with Crippen molar-refractivity contribution in [2.75, 3.05) is 6.54 Å². The molecule has 1 rings (SSSR count). The summed E-state index contributed by atoms with van der Waals surface area (Å²) in [7, 11) is 0. The number of hydrogen-bond donors (Lipinski definition) is 1. The standard InChI is InChI=1S/C13H14N2O3/c1-2-15(12(16)7-13(17)18)9-11-6-4-3-5-10(11)8-14/h3-6H,2,7,9H2,1H3,(H,17,18). The molecule has 0 unspecified atom stereocenters. The van der Waals surface area contributed by atoms with E-state index in [0.717, 1.165) is 5.56 Å². The predicted molar refractivity (Wildman–Crippen MR) is 64.5 cm³/mol. The molecule has 0 bridgehead atoms. The highest BCUT2D eigenvalue weighted by molar-refractivity contribution is 5.93. The lowest BCUT2D eigenvalue weighted by atomic mass is 10.1. The molecule has 0 spiro atoms. The average molecular weight is 246 g/mol. The summed E-state index contributed by atoms with van der Waals surface area (Å²) in [6.07, 6.45) is -0.525. The first-order valence-corrected chi connectivity index (χ1v) is 5.56. The predicted octanol–water partition coefficient (Wildman–Crippen LogP) is 1.38. The number of aliphatic carboxylic acids is 1. The second kappa shape index (κ2) is 6.40. The third-order valence-corrected chi connectivity index (χ3v) is 2.54. The molecule has 1 aromatic carbocycles. The van der Waals surface area contributed by atoms with Crippen LogP contribution in [-0.2, 0) is 16.1 Å². The van der Waals surface area contributed by atoms with E-state index in [0.29, 0.717) is 12.1 Å². The molecule has 0 aliphatic rings. The maximum absolute atomic E-state index is 11.7. The summed E-state index contributed by atoms with van der Waals surface area (Å²) in [6, 6.07) is 9.01. The molecule has 0 aromatic heterocycles. The zero-order valence-electron chi connectivity index (χ0n) is 10.1. The molecule has 0 radical (unpaired) electrons. The minimum atomic E-state index is -1.15. The third-order valence-electron chi connectivity index (χ3n) is 2.54. The Morgan fingerprint density at radius 2 is 2.06 bits per heavy atom. The van der Waals surface area contributed by atoms with Crippen LogP contribution in [0.3, 0.4) is 0 Å². The first kappa shape index (κ1) is 13.7. The average Bonchev–Trinajstić information content (AvgIpc) is 2.35. The molecule has 18 heavy (non-hydrogen) atoms. The smallest absolute Gasteiger partial charge is 0.312 e. The number of carboxylic acids is 1. The van der Waals surface area contributed by atoms with Gasteiger partial charge in [0.2, 0.25) is 5.91 Å². The molecule has 1 N–H and O–H groups in total. The molecule has 0 saturated carbocycles. The molecule has 94 valence electrons. The van der Waals surface area contributed by atoms with Gasteiger partial charge in [0, 0.05) is 13.1 Å². The Hall–Kier alpha value is -2.35. The van der Waals surface area contributed by atoms with Crippen LogP contribution in [0.5, 0.6) is 0 Å². The van der Waals surface area contributed by atoms with Gasteiger partial charge in [0.05, 0.1) is 11.6 Å². The fraction of sp³-hybridized carbons (Fsp3) is 0.308. The Bertz CT molecular complexity index is 491. The maximum Gasteiger partial charge on any atom is 0.312 e. The van der Waals surface area contributed by atoms with Gasteiger partial charge < -0.3 is 10.0 Å². The van der Waals surface area contributed by atoms with E-state index in [1.54, 1.807) is 31.2 Å². The molecule has 0 aliphatic carbocycles. The van der Waals surface area contributed by atoms with E-state index in [1.807, 2.05) is 0 Å². The van der Waals surface area contributed by atoms with E-state index < -0.39 is 18.3 Å². The lowest BCUT2D eigenvalue weighted by Crippen LogP contribution is -2.32. The van der Waals surface area contributed by atoms with Gasteiger partial charge in [0.25, 0.3) is 0 Å². The summed E-state index contributed by atoms with van der Waals surface area (Å²) in [5.41, 5.74) is 1.22. The van der Waals surface area contributed by atoms with Crippen molar-refractivity contribution >= 4 is 11.9 Å². The van der Waals surface area contributed by atoms with Gasteiger partial charge >= 0.3 is 5.97 Å². The fourth-order valence-corrected chi connectivity index (χ4v) is 1.59. The van der Waals surface area contributed by atoms with E-state index in [2.05, 4.69) is 6.07 Å². The van der Waals surface area contributed by atoms with Crippen LogP contribution < -0.4 is 0 Å². The molecule has 5 nitrogen and oxygen atoms in total. The SMILES string of the molecule is CCN(Cc1ccccc1C#N)C(=O)CC(=O)O. The molecule has 1 aromatic rings. The second-order valence-electron chi connectivity index (χ2n) is 3.75. The third kappa shape index (κ3) is 3.59. The summed E-state index contributed by atoms with van der Waals surface area (Å²) in [4.78, 5) is 23.6. The van der Waals surface area contributed by atoms with Gasteiger partial charge in [0.15, 0.2) is 0 Å². The Labute approximate surface area is 105 Å². The van der Waals surface area contributed by atoms with Gasteiger partial charge in [-0.15, -0.1) is 0 Å². The second-order valence-corrected chi connectivity index (χ2v) is 3.75. The van der Waals surface area contributed by atoms with E-state index in [4.69, 9.17) is 10.4 Å². The highest BCUT2D eigenvalue weighted by Gasteiger charge is 2.16. The van der Waals surface area contributed by atoms with Crippen molar-refractivity contribution in [1.82, 2.24) is 4.90 Å². The highest BCUT2D eigenvalue weighted by Crippen LogP contribution is 2.11. The van der Waals surface area contributed by atoms with E-state index in [-0.39, 0.29) is 6.54 Å². The van der Waals surface area contributed by atoms with E-state index in [1.165, 1.54) is 4.90 Å². The van der Waals surface area contributed by atoms with Crippen molar-refractivity contribution in [1.29, 1.82) is 5.26 Å². The topological polar surface area (TPSA) is 81.4 Å². The normalized spacial score (nSPS) is 9.56. The zero-order chi connectivity index (χ0) is 13.5. The Morgan fingerprint density at radius 1 is 1.39 bits per heavy atom. The van der Waals surface area contributed by atoms with Crippen LogP contribution >= 0.6 is 0 Å². The van der Waals surface area contributed by atoms with Crippen LogP contribution in [0.15, 0.2) is 24.3 Å². The number of carboxylic acid groups (broad SMARTS) is 1. The Kier molecular flexibility index (Phi) is 4.88. The van der Waals surface area contributed by atoms with Crippen molar-refractivity contribution < 1.29 is 14.7 Å². The first-order valence-electron chi connectivity index (χ1n) is 5.56. The number of amides is 1. The quantitative estimate of drug-likeness (QED) is 0.796. The number of rotatable bonds is 5. The van der Waals surface area contributed by atoms with Gasteiger partial charge in [-0.3, -0.25) is 9.59 Å². The molecule has 5 heteroatoms. The van der Waals surface area contributed by atoms with Crippen LogP contribution in [0.4, 0.5) is 0 Å².